The van der Waals surface area contributed by atoms with E-state index < -0.39 is 83.6 Å². The van der Waals surface area contributed by atoms with Gasteiger partial charge in [-0.2, -0.15) is 11.8 Å². The third kappa shape index (κ3) is 15.8. The zero-order valence-electron chi connectivity index (χ0n) is 37.6. The van der Waals surface area contributed by atoms with Crippen molar-refractivity contribution in [3.63, 3.8) is 0 Å². The van der Waals surface area contributed by atoms with Crippen LogP contribution in [0.2, 0.25) is 0 Å². The molecule has 1 aliphatic rings. The van der Waals surface area contributed by atoms with Crippen molar-refractivity contribution < 1.29 is 33.6 Å². The third-order valence-corrected chi connectivity index (χ3v) is 11.8. The molecule has 354 valence electrons. The Bertz CT molecular complexity index is 2130. The van der Waals surface area contributed by atoms with E-state index in [9.17, 15) is 33.6 Å². The van der Waals surface area contributed by atoms with Crippen LogP contribution in [0.1, 0.15) is 70.4 Å². The number of likely N-dealkylation sites (tertiary alicyclic amines) is 1. The molecule has 1 aromatic heterocycles. The molecule has 7 amide bonds. The topological polar surface area (TPSA) is 315 Å². The number of para-hydroxylation sites is 1. The van der Waals surface area contributed by atoms with Gasteiger partial charge in [0, 0.05) is 43.0 Å². The van der Waals surface area contributed by atoms with Crippen molar-refractivity contribution in [1.82, 2.24) is 36.5 Å². The molecule has 1 fully saturated rings. The van der Waals surface area contributed by atoms with Gasteiger partial charge in [-0.05, 0) is 80.6 Å². The van der Waals surface area contributed by atoms with Crippen LogP contribution in [0.3, 0.4) is 0 Å². The molecule has 0 spiro atoms. The van der Waals surface area contributed by atoms with Gasteiger partial charge in [0.25, 0.3) is 0 Å². The summed E-state index contributed by atoms with van der Waals surface area (Å²) < 4.78 is 0. The number of guanidine groups is 1. The number of nitrogens with one attached hydrogen (secondary N) is 6. The molecule has 0 saturated carbocycles. The minimum absolute atomic E-state index is 0.0146. The number of benzene rings is 2. The highest BCUT2D eigenvalue weighted by Crippen LogP contribution is 2.22. The molecule has 7 atom stereocenters. The molecule has 2 heterocycles. The Morgan fingerprint density at radius 2 is 1.45 bits per heavy atom. The molecule has 65 heavy (non-hydrogen) atoms. The van der Waals surface area contributed by atoms with Gasteiger partial charge >= 0.3 is 0 Å². The first kappa shape index (κ1) is 51.5. The Labute approximate surface area is 384 Å². The average Bonchev–Trinajstić information content (AvgIpc) is 3.93. The zero-order valence-corrected chi connectivity index (χ0v) is 38.5. The first-order valence-electron chi connectivity index (χ1n) is 22.0. The second-order valence-electron chi connectivity index (χ2n) is 16.8. The molecular formula is C45H66N12O7S. The van der Waals surface area contributed by atoms with Crippen LogP contribution < -0.4 is 49.5 Å². The fourth-order valence-electron chi connectivity index (χ4n) is 7.65. The monoisotopic (exact) mass is 918 g/mol. The maximum atomic E-state index is 14.7. The van der Waals surface area contributed by atoms with Crippen LogP contribution in [0.25, 0.3) is 10.9 Å². The number of rotatable bonds is 25. The number of carbonyl (C=O) groups is 7. The Hall–Kier alpha value is -6.15. The summed E-state index contributed by atoms with van der Waals surface area (Å²) in [5.41, 5.74) is 24.7. The summed E-state index contributed by atoms with van der Waals surface area (Å²) >= 11 is 1.50. The lowest BCUT2D eigenvalue weighted by Gasteiger charge is -2.31. The number of fused-ring (bicyclic) bond motifs is 1. The number of primary amides is 1. The number of nitrogens with zero attached hydrogens (tertiary/aromatic N) is 2. The molecule has 19 nitrogen and oxygen atoms in total. The lowest BCUT2D eigenvalue weighted by atomic mass is 10.0. The molecule has 3 aromatic rings. The van der Waals surface area contributed by atoms with Crippen molar-refractivity contribution in [2.45, 2.75) is 114 Å². The zero-order chi connectivity index (χ0) is 47.6. The number of aromatic amines is 1. The Kier molecular flexibility index (Phi) is 20.1. The Morgan fingerprint density at radius 1 is 0.785 bits per heavy atom. The SMILES string of the molecule is CSCC[C@@H](NC(=O)[C@H](CC(C)C)NC(=O)[C@H]1CCCN1C(=O)[C@H](Cc1ccccc1)NC(=O)[C@@H](Cc1c[nH]c2ccccc12)NC(=O)[C@H](C)NC(=O)[C@@H](N)CCCN=C(N)N)C(N)=O. The quantitative estimate of drug-likeness (QED) is 0.0308. The second kappa shape index (κ2) is 25.4. The predicted octanol–water partition coefficient (Wildman–Crippen LogP) is 0.0534. The van der Waals surface area contributed by atoms with Crippen LogP contribution in [0.15, 0.2) is 65.8 Å². The van der Waals surface area contributed by atoms with Crippen LogP contribution in [-0.2, 0) is 46.4 Å². The Morgan fingerprint density at radius 3 is 2.12 bits per heavy atom. The molecule has 1 saturated heterocycles. The van der Waals surface area contributed by atoms with Gasteiger partial charge in [-0.15, -0.1) is 0 Å². The van der Waals surface area contributed by atoms with Gasteiger partial charge in [0.05, 0.1) is 6.04 Å². The fourth-order valence-corrected chi connectivity index (χ4v) is 8.12. The van der Waals surface area contributed by atoms with Crippen LogP contribution in [0, 0.1) is 5.92 Å². The summed E-state index contributed by atoms with van der Waals surface area (Å²) in [5.74, 6) is -3.73. The fraction of sp³-hybridized carbons (Fsp3) is 0.511. The molecule has 14 N–H and O–H groups in total. The molecule has 0 bridgehead atoms. The molecule has 0 aliphatic carbocycles. The highest BCUT2D eigenvalue weighted by atomic mass is 32.2. The first-order chi connectivity index (χ1) is 31.0. The van der Waals surface area contributed by atoms with Crippen LogP contribution in [0.4, 0.5) is 0 Å². The van der Waals surface area contributed by atoms with Crippen molar-refractivity contribution in [2.24, 2.45) is 33.8 Å². The van der Waals surface area contributed by atoms with E-state index in [1.165, 1.54) is 23.6 Å². The molecule has 0 unspecified atom stereocenters. The van der Waals surface area contributed by atoms with Crippen LogP contribution in [0.5, 0.6) is 0 Å². The number of carbonyl (C=O) groups excluding carboxylic acids is 7. The summed E-state index contributed by atoms with van der Waals surface area (Å²) in [6.45, 7) is 5.75. The highest BCUT2D eigenvalue weighted by molar-refractivity contribution is 7.98. The standard InChI is InChI=1S/C45H66N12O7S/c1-26(2)22-34(41(61)53-33(38(47)58)18-21-65-4)55-43(63)37-17-11-20-57(37)44(64)36(23-28-12-6-5-7-13-28)56-42(62)35(24-29-25-51-32-16-9-8-14-30(29)32)54-39(59)27(3)52-40(60)31(46)15-10-19-50-45(48)49/h5-9,12-14,16,25-27,31,33-37,51H,10-11,15,17-24,46H2,1-4H3,(H2,47,58)(H,52,60)(H,53,61)(H,54,59)(H,55,63)(H,56,62)(H4,48,49,50)/t27-,31-,33+,34-,35+,36-,37+/m0/s1. The average molecular weight is 919 g/mol. The molecule has 1 aliphatic heterocycles. The number of nitrogens with two attached hydrogens (primary N) is 4. The van der Waals surface area contributed by atoms with Crippen molar-refractivity contribution in [1.29, 1.82) is 0 Å². The molecule has 20 heteroatoms. The number of hydrogen-bond acceptors (Lipinski definition) is 10. The molecule has 4 rings (SSSR count). The van der Waals surface area contributed by atoms with Crippen molar-refractivity contribution in [3.8, 4) is 0 Å². The normalized spacial score (nSPS) is 16.3. The maximum absolute atomic E-state index is 14.7. The van der Waals surface area contributed by atoms with Gasteiger partial charge < -0.3 is 59.4 Å². The van der Waals surface area contributed by atoms with E-state index >= 15 is 0 Å². The van der Waals surface area contributed by atoms with Gasteiger partial charge in [0.1, 0.15) is 36.3 Å². The third-order valence-electron chi connectivity index (χ3n) is 11.1. The van der Waals surface area contributed by atoms with Crippen molar-refractivity contribution >= 4 is 70.0 Å². The summed E-state index contributed by atoms with van der Waals surface area (Å²) in [5, 5.41) is 14.7. The smallest absolute Gasteiger partial charge is 0.246 e. The summed E-state index contributed by atoms with van der Waals surface area (Å²) in [4.78, 5) is 104. The predicted molar refractivity (Wildman–Crippen MR) is 252 cm³/mol. The van der Waals surface area contributed by atoms with E-state index in [4.69, 9.17) is 22.9 Å². The van der Waals surface area contributed by atoms with Gasteiger partial charge in [0.2, 0.25) is 41.4 Å². The van der Waals surface area contributed by atoms with E-state index in [2.05, 4.69) is 36.6 Å². The molecule has 2 aromatic carbocycles. The van der Waals surface area contributed by atoms with Gasteiger partial charge in [-0.3, -0.25) is 38.6 Å². The van der Waals surface area contributed by atoms with E-state index in [1.54, 1.807) is 18.3 Å². The largest absolute Gasteiger partial charge is 0.370 e. The molecule has 0 radical (unpaired) electrons. The second-order valence-corrected chi connectivity index (χ2v) is 17.8. The Balaban J connectivity index is 1.57. The van der Waals surface area contributed by atoms with Crippen LogP contribution in [-0.4, -0.2) is 125 Å². The van der Waals surface area contributed by atoms with E-state index in [0.717, 1.165) is 16.5 Å². The minimum Gasteiger partial charge on any atom is -0.370 e. The maximum Gasteiger partial charge on any atom is 0.246 e. The van der Waals surface area contributed by atoms with Gasteiger partial charge in [0.15, 0.2) is 5.96 Å². The summed E-state index contributed by atoms with van der Waals surface area (Å²) in [6, 6.07) is 9.18. The number of hydrogen-bond donors (Lipinski definition) is 10. The minimum atomic E-state index is -1.23. The number of amides is 7. The van der Waals surface area contributed by atoms with Crippen molar-refractivity contribution in [3.05, 3.63) is 71.9 Å². The summed E-state index contributed by atoms with van der Waals surface area (Å²) in [6.07, 6.45) is 5.75. The van der Waals surface area contributed by atoms with E-state index in [-0.39, 0.29) is 50.7 Å². The lowest BCUT2D eigenvalue weighted by molar-refractivity contribution is -0.142. The first-order valence-corrected chi connectivity index (χ1v) is 23.4. The molecular weight excluding hydrogens is 853 g/mol. The van der Waals surface area contributed by atoms with Gasteiger partial charge in [-0.1, -0.05) is 62.4 Å². The van der Waals surface area contributed by atoms with E-state index in [0.29, 0.717) is 37.0 Å². The number of aromatic nitrogens is 1. The highest BCUT2D eigenvalue weighted by Gasteiger charge is 2.40. The number of aliphatic imine (C=N–C) groups is 1. The summed E-state index contributed by atoms with van der Waals surface area (Å²) in [7, 11) is 0. The number of thioether (sulfide) groups is 1. The van der Waals surface area contributed by atoms with E-state index in [1.807, 2.05) is 62.6 Å². The van der Waals surface area contributed by atoms with Crippen LogP contribution >= 0.6 is 11.8 Å². The number of H-pyrrole nitrogens is 1. The van der Waals surface area contributed by atoms with Gasteiger partial charge in [-0.25, -0.2) is 0 Å². The van der Waals surface area contributed by atoms with Crippen molar-refractivity contribution in [2.75, 3.05) is 25.1 Å². The lowest BCUT2D eigenvalue weighted by Crippen LogP contribution is -2.60.